The molecule has 0 amide bonds. The Morgan fingerprint density at radius 2 is 2.18 bits per heavy atom. The smallest absolute Gasteiger partial charge is 0.193 e. The van der Waals surface area contributed by atoms with E-state index >= 15 is 0 Å². The highest BCUT2D eigenvalue weighted by Gasteiger charge is 2.10. The highest BCUT2D eigenvalue weighted by Crippen LogP contribution is 2.20. The Labute approximate surface area is 148 Å². The van der Waals surface area contributed by atoms with Gasteiger partial charge in [0.25, 0.3) is 0 Å². The molecule has 0 bridgehead atoms. The number of thiazole rings is 1. The van der Waals surface area contributed by atoms with Crippen molar-refractivity contribution in [3.8, 4) is 0 Å². The van der Waals surface area contributed by atoms with Crippen molar-refractivity contribution in [1.29, 1.82) is 0 Å². The quantitative estimate of drug-likeness (QED) is 0.433. The second-order valence-electron chi connectivity index (χ2n) is 4.70. The fourth-order valence-electron chi connectivity index (χ4n) is 1.68. The van der Waals surface area contributed by atoms with E-state index in [0.29, 0.717) is 6.54 Å². The van der Waals surface area contributed by atoms with Gasteiger partial charge in [0.2, 0.25) is 0 Å². The molecule has 3 N–H and O–H groups in total. The van der Waals surface area contributed by atoms with E-state index < -0.39 is 11.6 Å². The lowest BCUT2D eigenvalue weighted by atomic mass is 10.2. The van der Waals surface area contributed by atoms with Crippen LogP contribution in [0.15, 0.2) is 28.6 Å². The maximum atomic E-state index is 13.4. The number of anilines is 1. The van der Waals surface area contributed by atoms with Crippen LogP contribution in [0.3, 0.4) is 0 Å². The normalized spacial score (nSPS) is 12.6. The highest BCUT2D eigenvalue weighted by atomic mass is 127. The Bertz CT molecular complexity index is 660. The van der Waals surface area contributed by atoms with Crippen LogP contribution in [-0.4, -0.2) is 17.5 Å². The van der Waals surface area contributed by atoms with Crippen molar-refractivity contribution in [2.45, 2.75) is 19.8 Å². The Hall–Kier alpha value is -1.29. The van der Waals surface area contributed by atoms with E-state index in [2.05, 4.69) is 15.3 Å². The number of benzene rings is 1. The van der Waals surface area contributed by atoms with E-state index in [9.17, 15) is 8.78 Å². The lowest BCUT2D eigenvalue weighted by Crippen LogP contribution is -2.24. The largest absolute Gasteiger partial charge is 0.370 e. The minimum atomic E-state index is -0.585. The van der Waals surface area contributed by atoms with E-state index in [1.807, 2.05) is 19.2 Å². The molecular weight excluding hydrogens is 421 g/mol. The average Bonchev–Trinajstić information content (AvgIpc) is 2.87. The summed E-state index contributed by atoms with van der Waals surface area (Å²) < 4.78 is 26.5. The number of nitrogens with zero attached hydrogens (tertiary/aromatic N) is 2. The van der Waals surface area contributed by atoms with Crippen LogP contribution in [0, 0.1) is 18.6 Å². The van der Waals surface area contributed by atoms with Crippen LogP contribution in [0.4, 0.5) is 14.5 Å². The van der Waals surface area contributed by atoms with Gasteiger partial charge in [0.1, 0.15) is 11.6 Å². The predicted molar refractivity (Wildman–Crippen MR) is 97.2 cm³/mol. The molecule has 1 aromatic heterocycles. The SMILES string of the molecule is Cc1csc(C(C)CN=C(N)Nc2cc(F)ccc2F)n1.I. The molecule has 0 saturated carbocycles. The molecule has 0 aliphatic heterocycles. The number of hydrogen-bond acceptors (Lipinski definition) is 3. The summed E-state index contributed by atoms with van der Waals surface area (Å²) in [6.07, 6.45) is 0. The number of aryl methyl sites for hydroxylation is 1. The van der Waals surface area contributed by atoms with Gasteiger partial charge in [-0.3, -0.25) is 4.99 Å². The van der Waals surface area contributed by atoms with Gasteiger partial charge >= 0.3 is 0 Å². The van der Waals surface area contributed by atoms with Gasteiger partial charge in [-0.2, -0.15) is 0 Å². The zero-order chi connectivity index (χ0) is 15.4. The van der Waals surface area contributed by atoms with Crippen LogP contribution in [0.2, 0.25) is 0 Å². The molecule has 1 atom stereocenters. The maximum Gasteiger partial charge on any atom is 0.193 e. The molecule has 0 fully saturated rings. The van der Waals surface area contributed by atoms with Gasteiger partial charge in [0, 0.05) is 23.1 Å². The summed E-state index contributed by atoms with van der Waals surface area (Å²) in [5, 5.41) is 5.50. The molecule has 1 heterocycles. The van der Waals surface area contributed by atoms with Crippen LogP contribution in [0.1, 0.15) is 23.5 Å². The molecule has 1 unspecified atom stereocenters. The lowest BCUT2D eigenvalue weighted by Gasteiger charge is -2.08. The minimum absolute atomic E-state index is 0. The van der Waals surface area contributed by atoms with Gasteiger partial charge in [-0.1, -0.05) is 6.92 Å². The number of aliphatic imine (C=N–C) groups is 1. The zero-order valence-corrected chi connectivity index (χ0v) is 15.3. The summed E-state index contributed by atoms with van der Waals surface area (Å²) in [6.45, 7) is 4.33. The van der Waals surface area contributed by atoms with Crippen LogP contribution in [-0.2, 0) is 0 Å². The standard InChI is InChI=1S/C14H16F2N4S.HI/c1-8(13-19-9(2)7-21-13)6-18-14(17)20-12-5-10(15)3-4-11(12)16;/h3-5,7-8H,6H2,1-2H3,(H3,17,18,20);1H. The number of rotatable bonds is 4. The van der Waals surface area contributed by atoms with Gasteiger partial charge in [-0.15, -0.1) is 35.3 Å². The molecule has 0 saturated heterocycles. The number of halogens is 3. The summed E-state index contributed by atoms with van der Waals surface area (Å²) >= 11 is 1.57. The summed E-state index contributed by atoms with van der Waals surface area (Å²) in [7, 11) is 0. The number of nitrogens with one attached hydrogen (secondary N) is 1. The molecule has 0 radical (unpaired) electrons. The average molecular weight is 438 g/mol. The number of aromatic nitrogens is 1. The molecular formula is C14H17F2IN4S. The summed E-state index contributed by atoms with van der Waals surface area (Å²) in [5.41, 5.74) is 6.63. The molecule has 2 aromatic rings. The minimum Gasteiger partial charge on any atom is -0.370 e. The molecule has 2 rings (SSSR count). The summed E-state index contributed by atoms with van der Waals surface area (Å²) in [6, 6.07) is 3.11. The lowest BCUT2D eigenvalue weighted by molar-refractivity contribution is 0.604. The maximum absolute atomic E-state index is 13.4. The van der Waals surface area contributed by atoms with E-state index in [1.54, 1.807) is 11.3 Å². The van der Waals surface area contributed by atoms with E-state index in [-0.39, 0.29) is 41.5 Å². The monoisotopic (exact) mass is 438 g/mol. The van der Waals surface area contributed by atoms with Crippen molar-refractivity contribution in [1.82, 2.24) is 4.98 Å². The molecule has 0 aliphatic rings. The van der Waals surface area contributed by atoms with Gasteiger partial charge < -0.3 is 11.1 Å². The summed E-state index contributed by atoms with van der Waals surface area (Å²) in [4.78, 5) is 8.51. The number of guanidine groups is 1. The second-order valence-corrected chi connectivity index (χ2v) is 5.59. The van der Waals surface area contributed by atoms with Crippen LogP contribution in [0.25, 0.3) is 0 Å². The van der Waals surface area contributed by atoms with Crippen LogP contribution in [0.5, 0.6) is 0 Å². The Morgan fingerprint density at radius 3 is 2.82 bits per heavy atom. The third-order valence-corrected chi connectivity index (χ3v) is 3.98. The number of hydrogen-bond donors (Lipinski definition) is 2. The Balaban J connectivity index is 0.00000242. The molecule has 1 aromatic carbocycles. The third kappa shape index (κ3) is 5.16. The fourth-order valence-corrected chi connectivity index (χ4v) is 2.53. The van der Waals surface area contributed by atoms with Gasteiger partial charge in [-0.25, -0.2) is 13.8 Å². The Kier molecular flexibility index (Phi) is 7.14. The Morgan fingerprint density at radius 1 is 1.45 bits per heavy atom. The van der Waals surface area contributed by atoms with E-state index in [1.165, 1.54) is 0 Å². The first-order valence-electron chi connectivity index (χ1n) is 6.39. The van der Waals surface area contributed by atoms with Gasteiger partial charge in [0.15, 0.2) is 5.96 Å². The highest BCUT2D eigenvalue weighted by molar-refractivity contribution is 14.0. The van der Waals surface area contributed by atoms with E-state index in [0.717, 1.165) is 28.9 Å². The van der Waals surface area contributed by atoms with Crippen molar-refractivity contribution in [3.63, 3.8) is 0 Å². The van der Waals surface area contributed by atoms with Crippen molar-refractivity contribution in [2.75, 3.05) is 11.9 Å². The van der Waals surface area contributed by atoms with Gasteiger partial charge in [-0.05, 0) is 19.1 Å². The van der Waals surface area contributed by atoms with Crippen molar-refractivity contribution >= 4 is 47.0 Å². The first-order chi connectivity index (χ1) is 9.95. The van der Waals surface area contributed by atoms with E-state index in [4.69, 9.17) is 5.73 Å². The fraction of sp³-hybridized carbons (Fsp3) is 0.286. The number of nitrogens with two attached hydrogens (primary N) is 1. The summed E-state index contributed by atoms with van der Waals surface area (Å²) in [5.74, 6) is -0.975. The van der Waals surface area contributed by atoms with Crippen LogP contribution < -0.4 is 11.1 Å². The second kappa shape index (κ2) is 8.37. The molecule has 120 valence electrons. The zero-order valence-electron chi connectivity index (χ0n) is 12.1. The first kappa shape index (κ1) is 18.8. The molecule has 8 heteroatoms. The third-order valence-electron chi connectivity index (χ3n) is 2.78. The molecule has 22 heavy (non-hydrogen) atoms. The van der Waals surface area contributed by atoms with Gasteiger partial charge in [0.05, 0.1) is 17.2 Å². The predicted octanol–water partition coefficient (Wildman–Crippen LogP) is 3.88. The van der Waals surface area contributed by atoms with Crippen molar-refractivity contribution in [2.24, 2.45) is 10.7 Å². The van der Waals surface area contributed by atoms with Crippen molar-refractivity contribution < 1.29 is 8.78 Å². The van der Waals surface area contributed by atoms with Crippen LogP contribution >= 0.6 is 35.3 Å². The molecule has 0 aliphatic carbocycles. The molecule has 0 spiro atoms. The topological polar surface area (TPSA) is 63.3 Å². The molecule has 4 nitrogen and oxygen atoms in total. The van der Waals surface area contributed by atoms with Crippen molar-refractivity contribution in [3.05, 3.63) is 45.9 Å². The first-order valence-corrected chi connectivity index (χ1v) is 7.27.